The van der Waals surface area contributed by atoms with E-state index in [1.54, 1.807) is 7.05 Å². The number of aliphatic imine (C=N–C) groups is 1. The maximum absolute atomic E-state index is 12.3. The minimum atomic E-state index is -0.0611. The van der Waals surface area contributed by atoms with Crippen LogP contribution >= 0.6 is 24.0 Å². The maximum Gasteiger partial charge on any atom is 0.251 e. The largest absolute Gasteiger partial charge is 0.494 e. The molecule has 0 saturated carbocycles. The molecule has 2 aromatic rings. The third-order valence-corrected chi connectivity index (χ3v) is 4.69. The number of benzene rings is 2. The van der Waals surface area contributed by atoms with Crippen molar-refractivity contribution in [1.29, 1.82) is 0 Å². The van der Waals surface area contributed by atoms with Gasteiger partial charge in [0.15, 0.2) is 5.96 Å². The zero-order valence-corrected chi connectivity index (χ0v) is 22.0. The summed E-state index contributed by atoms with van der Waals surface area (Å²) in [4.78, 5) is 18.7. The monoisotopic (exact) mass is 553 g/mol. The van der Waals surface area contributed by atoms with Crippen molar-refractivity contribution >= 4 is 35.8 Å². The van der Waals surface area contributed by atoms with Crippen LogP contribution in [0.1, 0.15) is 34.0 Å². The molecular formula is C24H36IN5O2. The van der Waals surface area contributed by atoms with E-state index in [0.717, 1.165) is 23.4 Å². The van der Waals surface area contributed by atoms with Crippen molar-refractivity contribution < 1.29 is 9.53 Å². The number of likely N-dealkylation sites (N-methyl/N-ethyl adjacent to an activating group) is 1. The molecule has 0 aromatic heterocycles. The molecule has 2 aromatic carbocycles. The van der Waals surface area contributed by atoms with Gasteiger partial charge in [-0.25, -0.2) is 0 Å². The molecule has 0 unspecified atom stereocenters. The van der Waals surface area contributed by atoms with Crippen molar-refractivity contribution in [3.05, 3.63) is 64.7 Å². The molecule has 0 bridgehead atoms. The minimum absolute atomic E-state index is 0. The van der Waals surface area contributed by atoms with Crippen LogP contribution in [0, 0.1) is 6.92 Å². The molecule has 0 atom stereocenters. The van der Waals surface area contributed by atoms with Crippen LogP contribution < -0.4 is 20.7 Å². The summed E-state index contributed by atoms with van der Waals surface area (Å²) in [7, 11) is 5.70. The second-order valence-electron chi connectivity index (χ2n) is 7.58. The standard InChI is InChI=1S/C24H35N5O2.HI/c1-6-31-22-14-18(2)10-11-21(22)17-28-24(25-3)27-16-19-8-7-9-20(15-19)23(30)26-12-13-29(4)5;/h7-11,14-15H,6,12-13,16-17H2,1-5H3,(H,26,30)(H2,25,27,28);1H. The van der Waals surface area contributed by atoms with Gasteiger partial charge >= 0.3 is 0 Å². The van der Waals surface area contributed by atoms with E-state index in [-0.39, 0.29) is 29.9 Å². The van der Waals surface area contributed by atoms with Gasteiger partial charge in [0, 0.05) is 44.4 Å². The molecule has 2 rings (SSSR count). The lowest BCUT2D eigenvalue weighted by Crippen LogP contribution is -2.36. The lowest BCUT2D eigenvalue weighted by molar-refractivity contribution is 0.0951. The van der Waals surface area contributed by atoms with Gasteiger partial charge in [-0.3, -0.25) is 9.79 Å². The smallest absolute Gasteiger partial charge is 0.251 e. The third kappa shape index (κ3) is 9.44. The van der Waals surface area contributed by atoms with Crippen molar-refractivity contribution in [1.82, 2.24) is 20.9 Å². The molecule has 176 valence electrons. The van der Waals surface area contributed by atoms with E-state index >= 15 is 0 Å². The van der Waals surface area contributed by atoms with Crippen molar-refractivity contribution in [3.63, 3.8) is 0 Å². The molecule has 0 aliphatic heterocycles. The number of guanidine groups is 1. The van der Waals surface area contributed by atoms with E-state index < -0.39 is 0 Å². The van der Waals surface area contributed by atoms with Crippen molar-refractivity contribution in [3.8, 4) is 5.75 Å². The number of amides is 1. The maximum atomic E-state index is 12.3. The highest BCUT2D eigenvalue weighted by molar-refractivity contribution is 14.0. The summed E-state index contributed by atoms with van der Waals surface area (Å²) < 4.78 is 5.75. The Kier molecular flexibility index (Phi) is 12.7. The first-order chi connectivity index (χ1) is 14.9. The summed E-state index contributed by atoms with van der Waals surface area (Å²) in [6, 6.07) is 13.8. The Hall–Kier alpha value is -2.33. The molecule has 0 aliphatic rings. The van der Waals surface area contributed by atoms with Crippen molar-refractivity contribution in [2.75, 3.05) is 40.8 Å². The van der Waals surface area contributed by atoms with E-state index in [1.807, 2.05) is 56.3 Å². The SMILES string of the molecule is CCOc1cc(C)ccc1CNC(=NC)NCc1cccc(C(=O)NCCN(C)C)c1.I. The average molecular weight is 553 g/mol. The topological polar surface area (TPSA) is 78.0 Å². The van der Waals surface area contributed by atoms with Gasteiger partial charge in [0.25, 0.3) is 5.91 Å². The van der Waals surface area contributed by atoms with E-state index in [9.17, 15) is 4.79 Å². The number of halogens is 1. The van der Waals surface area contributed by atoms with Gasteiger partial charge in [0.2, 0.25) is 0 Å². The summed E-state index contributed by atoms with van der Waals surface area (Å²) in [5.74, 6) is 1.51. The molecule has 0 heterocycles. The lowest BCUT2D eigenvalue weighted by atomic mass is 10.1. The predicted octanol–water partition coefficient (Wildman–Crippen LogP) is 3.17. The zero-order chi connectivity index (χ0) is 22.6. The van der Waals surface area contributed by atoms with Gasteiger partial charge in [-0.15, -0.1) is 24.0 Å². The van der Waals surface area contributed by atoms with E-state index in [1.165, 1.54) is 5.56 Å². The highest BCUT2D eigenvalue weighted by Gasteiger charge is 2.08. The lowest BCUT2D eigenvalue weighted by Gasteiger charge is -2.15. The van der Waals surface area contributed by atoms with Crippen LogP contribution in [-0.4, -0.2) is 57.6 Å². The van der Waals surface area contributed by atoms with Crippen molar-refractivity contribution in [2.45, 2.75) is 26.9 Å². The van der Waals surface area contributed by atoms with Crippen LogP contribution in [0.15, 0.2) is 47.5 Å². The molecule has 7 nitrogen and oxygen atoms in total. The van der Waals surface area contributed by atoms with Crippen LogP contribution in [0.25, 0.3) is 0 Å². The fraction of sp³-hybridized carbons (Fsp3) is 0.417. The Morgan fingerprint density at radius 2 is 1.81 bits per heavy atom. The Balaban J connectivity index is 0.00000512. The molecule has 8 heteroatoms. The molecule has 3 N–H and O–H groups in total. The minimum Gasteiger partial charge on any atom is -0.494 e. The number of aryl methyl sites for hydroxylation is 1. The first-order valence-electron chi connectivity index (χ1n) is 10.6. The third-order valence-electron chi connectivity index (χ3n) is 4.69. The van der Waals surface area contributed by atoms with Gasteiger partial charge in [-0.05, 0) is 57.3 Å². The van der Waals surface area contributed by atoms with Crippen LogP contribution in [0.5, 0.6) is 5.75 Å². The van der Waals surface area contributed by atoms with Gasteiger partial charge < -0.3 is 25.6 Å². The number of rotatable bonds is 10. The van der Waals surface area contributed by atoms with Crippen LogP contribution in [0.4, 0.5) is 0 Å². The molecule has 0 fully saturated rings. The van der Waals surface area contributed by atoms with Gasteiger partial charge in [0.1, 0.15) is 5.75 Å². The molecule has 0 spiro atoms. The number of nitrogens with zero attached hydrogens (tertiary/aromatic N) is 2. The van der Waals surface area contributed by atoms with Crippen molar-refractivity contribution in [2.24, 2.45) is 4.99 Å². The molecule has 0 radical (unpaired) electrons. The normalized spacial score (nSPS) is 11.0. The van der Waals surface area contributed by atoms with Gasteiger partial charge in [-0.1, -0.05) is 24.3 Å². The number of carbonyl (C=O) groups excluding carboxylic acids is 1. The number of hydrogen-bond donors (Lipinski definition) is 3. The summed E-state index contributed by atoms with van der Waals surface area (Å²) in [6.45, 7) is 7.25. The molecule has 0 aliphatic carbocycles. The van der Waals surface area contributed by atoms with E-state index in [0.29, 0.717) is 37.8 Å². The summed E-state index contributed by atoms with van der Waals surface area (Å²) >= 11 is 0. The molecule has 0 saturated heterocycles. The summed E-state index contributed by atoms with van der Waals surface area (Å²) in [5.41, 5.74) is 3.91. The fourth-order valence-corrected chi connectivity index (χ4v) is 3.00. The second-order valence-corrected chi connectivity index (χ2v) is 7.58. The van der Waals surface area contributed by atoms with Crippen LogP contribution in [0.3, 0.4) is 0 Å². The van der Waals surface area contributed by atoms with Gasteiger partial charge in [-0.2, -0.15) is 0 Å². The first-order valence-corrected chi connectivity index (χ1v) is 10.6. The van der Waals surface area contributed by atoms with Crippen LogP contribution in [0.2, 0.25) is 0 Å². The van der Waals surface area contributed by atoms with E-state index in [2.05, 4.69) is 40.0 Å². The number of carbonyl (C=O) groups is 1. The average Bonchev–Trinajstić information content (AvgIpc) is 2.75. The second kappa shape index (κ2) is 14.7. The fourth-order valence-electron chi connectivity index (χ4n) is 3.00. The summed E-state index contributed by atoms with van der Waals surface area (Å²) in [5, 5.41) is 9.57. The Labute approximate surface area is 209 Å². The zero-order valence-electron chi connectivity index (χ0n) is 19.7. The first kappa shape index (κ1) is 27.7. The number of hydrogen-bond acceptors (Lipinski definition) is 4. The Morgan fingerprint density at radius 1 is 1.06 bits per heavy atom. The quantitative estimate of drug-likeness (QED) is 0.240. The summed E-state index contributed by atoms with van der Waals surface area (Å²) in [6.07, 6.45) is 0. The molecule has 1 amide bonds. The Bertz CT molecular complexity index is 886. The number of ether oxygens (including phenoxy) is 1. The van der Waals surface area contributed by atoms with Crippen LogP contribution in [-0.2, 0) is 13.1 Å². The highest BCUT2D eigenvalue weighted by Crippen LogP contribution is 2.20. The highest BCUT2D eigenvalue weighted by atomic mass is 127. The Morgan fingerprint density at radius 3 is 2.50 bits per heavy atom. The predicted molar refractivity (Wildman–Crippen MR) is 142 cm³/mol. The number of nitrogens with one attached hydrogen (secondary N) is 3. The molecule has 32 heavy (non-hydrogen) atoms. The van der Waals surface area contributed by atoms with Gasteiger partial charge in [0.05, 0.1) is 6.61 Å². The molecular weight excluding hydrogens is 517 g/mol. The van der Waals surface area contributed by atoms with E-state index in [4.69, 9.17) is 4.74 Å².